The van der Waals surface area contributed by atoms with Crippen molar-refractivity contribution in [2.24, 2.45) is 0 Å². The van der Waals surface area contributed by atoms with E-state index in [1.165, 1.54) is 18.2 Å². The molecule has 0 aliphatic rings. The van der Waals surface area contributed by atoms with Gasteiger partial charge in [0.25, 0.3) is 5.91 Å². The zero-order chi connectivity index (χ0) is 13.5. The first-order valence-electron chi connectivity index (χ1n) is 5.41. The predicted molar refractivity (Wildman–Crippen MR) is 73.0 cm³/mol. The highest BCUT2D eigenvalue weighted by Gasteiger charge is 2.15. The molecule has 0 aromatic heterocycles. The van der Waals surface area contributed by atoms with Crippen molar-refractivity contribution in [2.45, 2.75) is 11.2 Å². The number of alkyl halides is 1. The van der Waals surface area contributed by atoms with Crippen molar-refractivity contribution < 1.29 is 13.9 Å². The minimum absolute atomic E-state index is 0.111. The van der Waals surface area contributed by atoms with Gasteiger partial charge in [0.2, 0.25) is 0 Å². The minimum atomic E-state index is -0.618. The van der Waals surface area contributed by atoms with Crippen LogP contribution in [0.4, 0.5) is 4.39 Å². The number of rotatable bonds is 6. The van der Waals surface area contributed by atoms with Crippen LogP contribution in [0.2, 0.25) is 5.02 Å². The molecule has 0 saturated heterocycles. The molecular weight excluding hydrogens is 324 g/mol. The Morgan fingerprint density at radius 1 is 1.61 bits per heavy atom. The third kappa shape index (κ3) is 4.55. The Hall–Kier alpha value is -0.650. The zero-order valence-corrected chi connectivity index (χ0v) is 12.2. The number of amides is 1. The lowest BCUT2D eigenvalue weighted by molar-refractivity contribution is 0.0948. The van der Waals surface area contributed by atoms with Gasteiger partial charge < -0.3 is 10.1 Å². The van der Waals surface area contributed by atoms with E-state index in [4.69, 9.17) is 16.3 Å². The van der Waals surface area contributed by atoms with Crippen LogP contribution in [0.5, 0.6) is 0 Å². The first kappa shape index (κ1) is 15.4. The molecule has 0 aliphatic carbocycles. The molecule has 0 heterocycles. The summed E-state index contributed by atoms with van der Waals surface area (Å²) in [6, 6.07) is 4.15. The van der Waals surface area contributed by atoms with Crippen LogP contribution >= 0.6 is 27.5 Å². The van der Waals surface area contributed by atoms with Crippen LogP contribution in [0, 0.1) is 5.82 Å². The lowest BCUT2D eigenvalue weighted by atomic mass is 10.2. The van der Waals surface area contributed by atoms with Gasteiger partial charge in [0.15, 0.2) is 0 Å². The van der Waals surface area contributed by atoms with Gasteiger partial charge in [-0.3, -0.25) is 4.79 Å². The summed E-state index contributed by atoms with van der Waals surface area (Å²) in [7, 11) is 1.60. The summed E-state index contributed by atoms with van der Waals surface area (Å²) in [5, 5.41) is 2.73. The van der Waals surface area contributed by atoms with E-state index in [1.807, 2.05) is 0 Å². The van der Waals surface area contributed by atoms with E-state index < -0.39 is 11.7 Å². The van der Waals surface area contributed by atoms with Crippen LogP contribution < -0.4 is 5.32 Å². The average Bonchev–Trinajstić information content (AvgIpc) is 2.29. The largest absolute Gasteiger partial charge is 0.384 e. The summed E-state index contributed by atoms with van der Waals surface area (Å²) in [5.74, 6) is -1.12. The van der Waals surface area contributed by atoms with Crippen molar-refractivity contribution in [3.8, 4) is 0 Å². The lowest BCUT2D eigenvalue weighted by Crippen LogP contribution is -2.28. The SMILES string of the molecule is COCC(Br)CCNC(=O)c1c(F)cccc1Cl. The summed E-state index contributed by atoms with van der Waals surface area (Å²) < 4.78 is 18.4. The number of nitrogens with one attached hydrogen (secondary N) is 1. The molecule has 100 valence electrons. The quantitative estimate of drug-likeness (QED) is 0.810. The monoisotopic (exact) mass is 337 g/mol. The summed E-state index contributed by atoms with van der Waals surface area (Å²) >= 11 is 9.18. The average molecular weight is 339 g/mol. The molecule has 18 heavy (non-hydrogen) atoms. The smallest absolute Gasteiger partial charge is 0.255 e. The molecule has 1 unspecified atom stereocenters. The van der Waals surface area contributed by atoms with Gasteiger partial charge in [-0.15, -0.1) is 0 Å². The maximum atomic E-state index is 13.4. The van der Waals surface area contributed by atoms with Gasteiger partial charge in [0.1, 0.15) is 5.82 Å². The fraction of sp³-hybridized carbons (Fsp3) is 0.417. The summed E-state index contributed by atoms with van der Waals surface area (Å²) in [4.78, 5) is 11.9. The summed E-state index contributed by atoms with van der Waals surface area (Å²) in [6.07, 6.45) is 0.686. The number of ether oxygens (including phenoxy) is 1. The molecule has 6 heteroatoms. The number of hydrogen-bond donors (Lipinski definition) is 1. The maximum Gasteiger partial charge on any atom is 0.255 e. The van der Waals surface area contributed by atoms with E-state index in [2.05, 4.69) is 21.2 Å². The van der Waals surface area contributed by atoms with Crippen molar-refractivity contribution in [1.82, 2.24) is 5.32 Å². The first-order chi connectivity index (χ1) is 8.56. The molecule has 0 radical (unpaired) electrons. The molecule has 0 aliphatic heterocycles. The van der Waals surface area contributed by atoms with Crippen LogP contribution in [0.25, 0.3) is 0 Å². The summed E-state index contributed by atoms with van der Waals surface area (Å²) in [6.45, 7) is 0.971. The molecular formula is C12H14BrClFNO2. The molecule has 1 rings (SSSR count). The minimum Gasteiger partial charge on any atom is -0.384 e. The standard InChI is InChI=1S/C12H14BrClFNO2/c1-18-7-8(13)5-6-16-12(17)11-9(14)3-2-4-10(11)15/h2-4,8H,5-7H2,1H3,(H,16,17). The first-order valence-corrected chi connectivity index (χ1v) is 6.70. The van der Waals surface area contributed by atoms with Crippen molar-refractivity contribution in [3.05, 3.63) is 34.6 Å². The topological polar surface area (TPSA) is 38.3 Å². The van der Waals surface area contributed by atoms with Gasteiger partial charge in [0.05, 0.1) is 17.2 Å². The number of methoxy groups -OCH3 is 1. The molecule has 1 N–H and O–H groups in total. The molecule has 1 aromatic carbocycles. The molecule has 0 spiro atoms. The van der Waals surface area contributed by atoms with Crippen LogP contribution in [0.1, 0.15) is 16.8 Å². The van der Waals surface area contributed by atoms with E-state index in [0.717, 1.165) is 0 Å². The Morgan fingerprint density at radius 2 is 2.33 bits per heavy atom. The van der Waals surface area contributed by atoms with Gasteiger partial charge in [0, 0.05) is 18.5 Å². The molecule has 0 fully saturated rings. The Kier molecular flexibility index (Phi) is 6.60. The number of carbonyl (C=O) groups excluding carboxylic acids is 1. The highest BCUT2D eigenvalue weighted by atomic mass is 79.9. The van der Waals surface area contributed by atoms with E-state index in [1.54, 1.807) is 7.11 Å². The van der Waals surface area contributed by atoms with Crippen molar-refractivity contribution >= 4 is 33.4 Å². The fourth-order valence-electron chi connectivity index (χ4n) is 1.41. The second-order valence-corrected chi connectivity index (χ2v) is 5.40. The highest BCUT2D eigenvalue weighted by Crippen LogP contribution is 2.18. The molecule has 1 atom stereocenters. The Balaban J connectivity index is 2.51. The van der Waals surface area contributed by atoms with E-state index in [-0.39, 0.29) is 15.4 Å². The van der Waals surface area contributed by atoms with Crippen LogP contribution in [-0.4, -0.2) is 31.0 Å². The summed E-state index contributed by atoms with van der Waals surface area (Å²) in [5.41, 5.74) is -0.114. The molecule has 3 nitrogen and oxygen atoms in total. The zero-order valence-electron chi connectivity index (χ0n) is 9.88. The Labute approximate surface area is 119 Å². The number of carbonyl (C=O) groups is 1. The molecule has 1 amide bonds. The third-order valence-corrected chi connectivity index (χ3v) is 3.32. The highest BCUT2D eigenvalue weighted by molar-refractivity contribution is 9.09. The van der Waals surface area contributed by atoms with Gasteiger partial charge in [-0.05, 0) is 18.6 Å². The van der Waals surface area contributed by atoms with E-state index >= 15 is 0 Å². The Morgan fingerprint density at radius 3 is 2.94 bits per heavy atom. The maximum absolute atomic E-state index is 13.4. The van der Waals surface area contributed by atoms with Crippen LogP contribution in [0.3, 0.4) is 0 Å². The van der Waals surface area contributed by atoms with Gasteiger partial charge >= 0.3 is 0 Å². The fourth-order valence-corrected chi connectivity index (χ4v) is 2.15. The predicted octanol–water partition coefficient (Wildman–Crippen LogP) is 3.01. The normalized spacial score (nSPS) is 12.2. The third-order valence-electron chi connectivity index (χ3n) is 2.28. The molecule has 0 bridgehead atoms. The van der Waals surface area contributed by atoms with Gasteiger partial charge in [-0.1, -0.05) is 33.6 Å². The number of hydrogen-bond acceptors (Lipinski definition) is 2. The second-order valence-electron chi connectivity index (χ2n) is 3.69. The van der Waals surface area contributed by atoms with Crippen molar-refractivity contribution in [1.29, 1.82) is 0 Å². The van der Waals surface area contributed by atoms with Crippen LogP contribution in [0.15, 0.2) is 18.2 Å². The van der Waals surface area contributed by atoms with Gasteiger partial charge in [-0.25, -0.2) is 4.39 Å². The van der Waals surface area contributed by atoms with E-state index in [0.29, 0.717) is 19.6 Å². The van der Waals surface area contributed by atoms with Crippen molar-refractivity contribution in [3.63, 3.8) is 0 Å². The second kappa shape index (κ2) is 7.71. The number of benzene rings is 1. The number of halogens is 3. The molecule has 1 aromatic rings. The Bertz CT molecular complexity index is 397. The van der Waals surface area contributed by atoms with Crippen LogP contribution in [-0.2, 0) is 4.74 Å². The lowest BCUT2D eigenvalue weighted by Gasteiger charge is -2.10. The van der Waals surface area contributed by atoms with E-state index in [9.17, 15) is 9.18 Å². The van der Waals surface area contributed by atoms with Gasteiger partial charge in [-0.2, -0.15) is 0 Å². The van der Waals surface area contributed by atoms with Crippen molar-refractivity contribution in [2.75, 3.05) is 20.3 Å². The molecule has 0 saturated carbocycles.